The third kappa shape index (κ3) is 5.16. The molecule has 3 rings (SSSR count). The zero-order valence-corrected chi connectivity index (χ0v) is 15.2. The van der Waals surface area contributed by atoms with E-state index >= 15 is 0 Å². The Kier molecular flexibility index (Phi) is 6.73. The van der Waals surface area contributed by atoms with Crippen LogP contribution in [0.1, 0.15) is 17.2 Å². The molecule has 0 aliphatic carbocycles. The first-order chi connectivity index (χ1) is 13.7. The van der Waals surface area contributed by atoms with Crippen LogP contribution in [-0.4, -0.2) is 13.0 Å². The van der Waals surface area contributed by atoms with E-state index in [4.69, 9.17) is 4.74 Å². The summed E-state index contributed by atoms with van der Waals surface area (Å²) < 4.78 is 32.3. The highest BCUT2D eigenvalue weighted by Gasteiger charge is 2.23. The first-order valence-electron chi connectivity index (χ1n) is 8.99. The van der Waals surface area contributed by atoms with Crippen molar-refractivity contribution in [3.63, 3.8) is 0 Å². The van der Waals surface area contributed by atoms with Crippen molar-refractivity contribution in [2.45, 2.75) is 12.6 Å². The summed E-state index contributed by atoms with van der Waals surface area (Å²) >= 11 is 0. The van der Waals surface area contributed by atoms with Gasteiger partial charge in [0.25, 0.3) is 0 Å². The van der Waals surface area contributed by atoms with Crippen molar-refractivity contribution >= 4 is 12.0 Å². The van der Waals surface area contributed by atoms with Crippen molar-refractivity contribution in [2.24, 2.45) is 5.92 Å². The normalized spacial score (nSPS) is 12.8. The van der Waals surface area contributed by atoms with Gasteiger partial charge in [-0.25, -0.2) is 4.39 Å². The Bertz CT molecular complexity index is 867. The topological polar surface area (TPSA) is 38.3 Å². The molecule has 0 saturated carbocycles. The number of carbonyl (C=O) groups excluding carboxylic acids is 1. The molecule has 5 heteroatoms. The molecule has 28 heavy (non-hydrogen) atoms. The number of aldehydes is 1. The number of rotatable bonds is 9. The van der Waals surface area contributed by atoms with E-state index in [0.717, 1.165) is 11.1 Å². The fourth-order valence-corrected chi connectivity index (χ4v) is 2.88. The number of halogens is 2. The average Bonchev–Trinajstić information content (AvgIpc) is 2.75. The lowest BCUT2D eigenvalue weighted by molar-refractivity contribution is -0.111. The minimum absolute atomic E-state index is 0.362. The fourth-order valence-electron chi connectivity index (χ4n) is 2.88. The van der Waals surface area contributed by atoms with Crippen LogP contribution in [-0.2, 0) is 11.4 Å². The van der Waals surface area contributed by atoms with E-state index in [0.29, 0.717) is 24.3 Å². The highest BCUT2D eigenvalue weighted by molar-refractivity contribution is 5.59. The molecular weight excluding hydrogens is 360 g/mol. The highest BCUT2D eigenvalue weighted by atomic mass is 19.1. The lowest BCUT2D eigenvalue weighted by Gasteiger charge is -2.24. The number of carbonyl (C=O) groups is 1. The molecule has 3 aromatic carbocycles. The summed E-state index contributed by atoms with van der Waals surface area (Å²) in [5, 5.41) is 3.12. The van der Waals surface area contributed by atoms with Crippen molar-refractivity contribution in [1.29, 1.82) is 0 Å². The summed E-state index contributed by atoms with van der Waals surface area (Å²) in [5.41, 5.74) is 2.41. The van der Waals surface area contributed by atoms with Gasteiger partial charge in [-0.15, -0.1) is 0 Å². The molecule has 0 saturated heterocycles. The van der Waals surface area contributed by atoms with Crippen LogP contribution in [0.25, 0.3) is 0 Å². The first kappa shape index (κ1) is 19.5. The van der Waals surface area contributed by atoms with Gasteiger partial charge in [-0.3, -0.25) is 4.39 Å². The van der Waals surface area contributed by atoms with Crippen molar-refractivity contribution in [1.82, 2.24) is 0 Å². The second-order valence-corrected chi connectivity index (χ2v) is 6.43. The van der Waals surface area contributed by atoms with Gasteiger partial charge in [0.1, 0.15) is 31.1 Å². The van der Waals surface area contributed by atoms with Crippen molar-refractivity contribution in [3.05, 3.63) is 95.8 Å². The number of benzene rings is 3. The standard InChI is InChI=1S/C23H21F2NO2/c24-14-19(15-27)23(26-21-10-8-20(25)9-11-21)18-6-12-22(13-7-18)28-16-17-4-2-1-3-5-17/h1-13,15,19,23,26H,14,16H2/t19-,23+/m0/s1. The molecule has 0 fully saturated rings. The maximum Gasteiger partial charge on any atom is 0.128 e. The van der Waals surface area contributed by atoms with E-state index in [1.54, 1.807) is 36.4 Å². The molecule has 1 N–H and O–H groups in total. The first-order valence-corrected chi connectivity index (χ1v) is 8.99. The predicted molar refractivity (Wildman–Crippen MR) is 106 cm³/mol. The number of alkyl halides is 1. The zero-order valence-electron chi connectivity index (χ0n) is 15.2. The van der Waals surface area contributed by atoms with Gasteiger partial charge >= 0.3 is 0 Å². The van der Waals surface area contributed by atoms with Gasteiger partial charge in [0.2, 0.25) is 0 Å². The van der Waals surface area contributed by atoms with E-state index in [-0.39, 0.29) is 5.82 Å². The molecule has 0 amide bonds. The Morgan fingerprint density at radius 3 is 2.21 bits per heavy atom. The fraction of sp³-hybridized carbons (Fsp3) is 0.174. The van der Waals surface area contributed by atoms with E-state index < -0.39 is 18.6 Å². The maximum absolute atomic E-state index is 13.4. The Balaban J connectivity index is 1.73. The van der Waals surface area contributed by atoms with Gasteiger partial charge in [-0.2, -0.15) is 0 Å². The molecule has 0 heterocycles. The van der Waals surface area contributed by atoms with E-state index in [1.165, 1.54) is 12.1 Å². The van der Waals surface area contributed by atoms with Gasteiger partial charge in [-0.1, -0.05) is 42.5 Å². The van der Waals surface area contributed by atoms with Gasteiger partial charge in [0.05, 0.1) is 12.0 Å². The average molecular weight is 381 g/mol. The summed E-state index contributed by atoms with van der Waals surface area (Å²) in [4.78, 5) is 11.4. The monoisotopic (exact) mass is 381 g/mol. The number of ether oxygens (including phenoxy) is 1. The second kappa shape index (κ2) is 9.65. The van der Waals surface area contributed by atoms with Crippen molar-refractivity contribution in [2.75, 3.05) is 12.0 Å². The van der Waals surface area contributed by atoms with Crippen LogP contribution in [0.5, 0.6) is 5.75 Å². The minimum atomic E-state index is -0.860. The second-order valence-electron chi connectivity index (χ2n) is 6.43. The van der Waals surface area contributed by atoms with Gasteiger partial charge in [-0.05, 0) is 47.5 Å². The Labute approximate surface area is 163 Å². The summed E-state index contributed by atoms with van der Waals surface area (Å²) in [7, 11) is 0. The SMILES string of the molecule is O=C[C@H](CF)[C@H](Nc1ccc(F)cc1)c1ccc(OCc2ccccc2)cc1. The van der Waals surface area contributed by atoms with Crippen molar-refractivity contribution in [3.8, 4) is 5.75 Å². The van der Waals surface area contributed by atoms with Crippen LogP contribution in [0.15, 0.2) is 78.9 Å². The third-order valence-corrected chi connectivity index (χ3v) is 4.44. The number of hydrogen-bond acceptors (Lipinski definition) is 3. The van der Waals surface area contributed by atoms with Crippen LogP contribution in [0.3, 0.4) is 0 Å². The summed E-state index contributed by atoms with van der Waals surface area (Å²) in [6, 6.07) is 22.1. The molecule has 0 spiro atoms. The summed E-state index contributed by atoms with van der Waals surface area (Å²) in [6.07, 6.45) is 0.598. The molecule has 0 aliphatic heterocycles. The van der Waals surface area contributed by atoms with Gasteiger partial charge in [0.15, 0.2) is 0 Å². The molecule has 3 aromatic rings. The number of nitrogens with one attached hydrogen (secondary N) is 1. The maximum atomic E-state index is 13.4. The van der Waals surface area contributed by atoms with Gasteiger partial charge in [0, 0.05) is 5.69 Å². The molecule has 3 nitrogen and oxygen atoms in total. The predicted octanol–water partition coefficient (Wildman–Crippen LogP) is 5.34. The Hall–Kier alpha value is -3.21. The van der Waals surface area contributed by atoms with Crippen LogP contribution in [0.2, 0.25) is 0 Å². The van der Waals surface area contributed by atoms with Crippen LogP contribution in [0, 0.1) is 11.7 Å². The molecule has 144 valence electrons. The third-order valence-electron chi connectivity index (χ3n) is 4.44. The molecule has 0 unspecified atom stereocenters. The quantitative estimate of drug-likeness (QED) is 0.508. The van der Waals surface area contributed by atoms with Crippen LogP contribution < -0.4 is 10.1 Å². The Morgan fingerprint density at radius 1 is 0.929 bits per heavy atom. The summed E-state index contributed by atoms with van der Waals surface area (Å²) in [5.74, 6) is -0.545. The van der Waals surface area contributed by atoms with E-state index in [9.17, 15) is 13.6 Å². The number of anilines is 1. The summed E-state index contributed by atoms with van der Waals surface area (Å²) in [6.45, 7) is -0.354. The minimum Gasteiger partial charge on any atom is -0.489 e. The van der Waals surface area contributed by atoms with Crippen LogP contribution in [0.4, 0.5) is 14.5 Å². The molecule has 0 aliphatic rings. The van der Waals surface area contributed by atoms with E-state index in [1.807, 2.05) is 30.3 Å². The van der Waals surface area contributed by atoms with E-state index in [2.05, 4.69) is 5.32 Å². The molecular formula is C23H21F2NO2. The van der Waals surface area contributed by atoms with Gasteiger partial charge < -0.3 is 14.8 Å². The smallest absolute Gasteiger partial charge is 0.128 e. The molecule has 2 atom stereocenters. The lowest BCUT2D eigenvalue weighted by Crippen LogP contribution is -2.23. The molecule has 0 aromatic heterocycles. The Morgan fingerprint density at radius 2 is 1.61 bits per heavy atom. The van der Waals surface area contributed by atoms with Crippen LogP contribution >= 0.6 is 0 Å². The lowest BCUT2D eigenvalue weighted by atomic mass is 9.94. The molecule has 0 bridgehead atoms. The van der Waals surface area contributed by atoms with Crippen molar-refractivity contribution < 1.29 is 18.3 Å². The largest absolute Gasteiger partial charge is 0.489 e. The molecule has 0 radical (unpaired) electrons. The zero-order chi connectivity index (χ0) is 19.8. The number of hydrogen-bond donors (Lipinski definition) is 1. The highest BCUT2D eigenvalue weighted by Crippen LogP contribution is 2.28.